The van der Waals surface area contributed by atoms with Crippen molar-refractivity contribution in [2.24, 2.45) is 5.92 Å². The van der Waals surface area contributed by atoms with Crippen molar-refractivity contribution in [1.82, 2.24) is 4.90 Å². The first kappa shape index (κ1) is 22.0. The van der Waals surface area contributed by atoms with E-state index in [-0.39, 0.29) is 5.91 Å². The van der Waals surface area contributed by atoms with Gasteiger partial charge in [0, 0.05) is 41.6 Å². The van der Waals surface area contributed by atoms with Crippen molar-refractivity contribution in [3.05, 3.63) is 53.6 Å². The number of aryl methyl sites for hydroxylation is 1. The summed E-state index contributed by atoms with van der Waals surface area (Å²) in [5.74, 6) is 1.48. The predicted octanol–water partition coefficient (Wildman–Crippen LogP) is 5.63. The zero-order valence-corrected chi connectivity index (χ0v) is 20.4. The lowest BCUT2D eigenvalue weighted by atomic mass is 9.86. The zero-order chi connectivity index (χ0) is 23.1. The molecule has 2 saturated heterocycles. The maximum atomic E-state index is 12.8. The fraction of sp³-hybridized carbons (Fsp3) is 0.552. The number of anilines is 2. The highest BCUT2D eigenvalue weighted by Gasteiger charge is 2.49. The van der Waals surface area contributed by atoms with E-state index in [1.807, 2.05) is 24.3 Å². The van der Waals surface area contributed by atoms with Crippen molar-refractivity contribution >= 4 is 17.3 Å². The summed E-state index contributed by atoms with van der Waals surface area (Å²) in [6, 6.07) is 14.8. The van der Waals surface area contributed by atoms with Crippen LogP contribution in [0.3, 0.4) is 0 Å². The van der Waals surface area contributed by atoms with Gasteiger partial charge in [-0.2, -0.15) is 0 Å². The monoisotopic (exact) mass is 459 g/mol. The number of nitrogens with zero attached hydrogens (tertiary/aromatic N) is 2. The molecule has 4 fully saturated rings. The average Bonchev–Trinajstić information content (AvgIpc) is 3.42. The summed E-state index contributed by atoms with van der Waals surface area (Å²) in [5, 5.41) is 3.10. The molecule has 34 heavy (non-hydrogen) atoms. The van der Waals surface area contributed by atoms with Crippen molar-refractivity contribution in [1.29, 1.82) is 0 Å². The van der Waals surface area contributed by atoms with Crippen LogP contribution >= 0.6 is 0 Å². The molecule has 0 radical (unpaired) electrons. The number of amides is 1. The van der Waals surface area contributed by atoms with E-state index in [0.29, 0.717) is 11.1 Å². The summed E-state index contributed by atoms with van der Waals surface area (Å²) < 4.78 is 5.79. The first-order valence-corrected chi connectivity index (χ1v) is 13.3. The van der Waals surface area contributed by atoms with Crippen LogP contribution in [0.5, 0.6) is 5.75 Å². The fourth-order valence-electron chi connectivity index (χ4n) is 6.12. The molecule has 2 aromatic carbocycles. The Morgan fingerprint density at radius 1 is 1.03 bits per heavy atom. The predicted molar refractivity (Wildman–Crippen MR) is 137 cm³/mol. The quantitative estimate of drug-likeness (QED) is 0.583. The summed E-state index contributed by atoms with van der Waals surface area (Å²) in [4.78, 5) is 18.3. The van der Waals surface area contributed by atoms with Crippen LogP contribution in [0.1, 0.15) is 67.3 Å². The maximum absolute atomic E-state index is 12.8. The normalized spacial score (nSPS) is 25.0. The number of likely N-dealkylation sites (tertiary alicyclic amines) is 1. The van der Waals surface area contributed by atoms with Gasteiger partial charge < -0.3 is 15.0 Å². The third kappa shape index (κ3) is 4.31. The lowest BCUT2D eigenvalue weighted by molar-refractivity contribution is 0.0571. The number of carbonyl (C=O) groups excluding carboxylic acids is 1. The molecule has 0 bridgehead atoms. The lowest BCUT2D eigenvalue weighted by Crippen LogP contribution is -2.53. The Bertz CT molecular complexity index is 1040. The molecule has 180 valence electrons. The standard InChI is InChI=1S/C29H37N3O2/c1-21-18-25(31-17-15-29(20-31)14-3-16-32(29)24-4-2-5-24)10-13-27(21)30-28(33)23-8-11-26(12-9-23)34-19-22-6-7-22/h8-13,18,22,24H,2-7,14-17,19-20H2,1H3,(H,30,33). The molecule has 1 unspecified atom stereocenters. The summed E-state index contributed by atoms with van der Waals surface area (Å²) in [7, 11) is 0. The van der Waals surface area contributed by atoms with Crippen LogP contribution < -0.4 is 15.0 Å². The topological polar surface area (TPSA) is 44.8 Å². The minimum Gasteiger partial charge on any atom is -0.493 e. The second-order valence-electron chi connectivity index (χ2n) is 11.0. The van der Waals surface area contributed by atoms with Crippen molar-refractivity contribution in [2.45, 2.75) is 69.9 Å². The highest BCUT2D eigenvalue weighted by Crippen LogP contribution is 2.44. The Morgan fingerprint density at radius 3 is 2.56 bits per heavy atom. The van der Waals surface area contributed by atoms with Gasteiger partial charge in [0.25, 0.3) is 5.91 Å². The molecule has 1 spiro atoms. The van der Waals surface area contributed by atoms with Crippen LogP contribution in [0.4, 0.5) is 11.4 Å². The lowest BCUT2D eigenvalue weighted by Gasteiger charge is -2.44. The summed E-state index contributed by atoms with van der Waals surface area (Å²) in [6.07, 6.45) is 10.7. The molecule has 5 heteroatoms. The third-order valence-electron chi connectivity index (χ3n) is 8.62. The van der Waals surface area contributed by atoms with Gasteiger partial charge in [0.15, 0.2) is 0 Å². The average molecular weight is 460 g/mol. The van der Waals surface area contributed by atoms with Crippen LogP contribution in [0.25, 0.3) is 0 Å². The Morgan fingerprint density at radius 2 is 1.85 bits per heavy atom. The molecule has 2 aromatic rings. The minimum atomic E-state index is -0.0770. The third-order valence-corrected chi connectivity index (χ3v) is 8.62. The van der Waals surface area contributed by atoms with E-state index in [1.54, 1.807) is 0 Å². The molecule has 2 heterocycles. The summed E-state index contributed by atoms with van der Waals surface area (Å²) in [6.45, 7) is 6.44. The largest absolute Gasteiger partial charge is 0.493 e. The van der Waals surface area contributed by atoms with E-state index in [4.69, 9.17) is 4.74 Å². The molecule has 0 aromatic heterocycles. The summed E-state index contributed by atoms with van der Waals surface area (Å²) >= 11 is 0. The van der Waals surface area contributed by atoms with E-state index < -0.39 is 0 Å². The van der Waals surface area contributed by atoms with Crippen LogP contribution in [-0.2, 0) is 0 Å². The molecule has 4 aliphatic rings. The Balaban J connectivity index is 1.09. The van der Waals surface area contributed by atoms with E-state index >= 15 is 0 Å². The van der Waals surface area contributed by atoms with Crippen LogP contribution in [0.2, 0.25) is 0 Å². The van der Waals surface area contributed by atoms with E-state index in [1.165, 1.54) is 63.6 Å². The van der Waals surface area contributed by atoms with Gasteiger partial charge in [-0.3, -0.25) is 9.69 Å². The maximum Gasteiger partial charge on any atom is 0.255 e. The van der Waals surface area contributed by atoms with Gasteiger partial charge in [-0.15, -0.1) is 0 Å². The molecule has 1 amide bonds. The van der Waals surface area contributed by atoms with Gasteiger partial charge in [0.2, 0.25) is 0 Å². The minimum absolute atomic E-state index is 0.0770. The van der Waals surface area contributed by atoms with Crippen LogP contribution in [0.15, 0.2) is 42.5 Å². The van der Waals surface area contributed by atoms with Crippen molar-refractivity contribution < 1.29 is 9.53 Å². The highest BCUT2D eigenvalue weighted by atomic mass is 16.5. The molecule has 5 nitrogen and oxygen atoms in total. The fourth-order valence-corrected chi connectivity index (χ4v) is 6.12. The van der Waals surface area contributed by atoms with E-state index in [2.05, 4.69) is 40.2 Å². The molecule has 2 aliphatic carbocycles. The number of ether oxygens (including phenoxy) is 1. The van der Waals surface area contributed by atoms with Gasteiger partial charge in [-0.05, 0) is 112 Å². The summed E-state index contributed by atoms with van der Waals surface area (Å²) in [5.41, 5.74) is 4.32. The second-order valence-corrected chi connectivity index (χ2v) is 11.0. The van der Waals surface area contributed by atoms with Crippen molar-refractivity contribution in [3.63, 3.8) is 0 Å². The number of hydrogen-bond donors (Lipinski definition) is 1. The molecule has 2 saturated carbocycles. The molecule has 1 N–H and O–H groups in total. The number of nitrogens with one attached hydrogen (secondary N) is 1. The van der Waals surface area contributed by atoms with Gasteiger partial charge >= 0.3 is 0 Å². The molecule has 1 atom stereocenters. The number of rotatable bonds is 7. The van der Waals surface area contributed by atoms with Crippen LogP contribution in [0, 0.1) is 12.8 Å². The Kier molecular flexibility index (Phi) is 5.76. The molecular weight excluding hydrogens is 422 g/mol. The van der Waals surface area contributed by atoms with Gasteiger partial charge in [0.1, 0.15) is 5.75 Å². The Labute approximate surface area is 203 Å². The van der Waals surface area contributed by atoms with Crippen molar-refractivity contribution in [2.75, 3.05) is 36.5 Å². The highest BCUT2D eigenvalue weighted by molar-refractivity contribution is 6.04. The van der Waals surface area contributed by atoms with Gasteiger partial charge in [-0.1, -0.05) is 6.42 Å². The molecule has 2 aliphatic heterocycles. The Hall–Kier alpha value is -2.53. The first-order valence-electron chi connectivity index (χ1n) is 13.3. The number of benzene rings is 2. The smallest absolute Gasteiger partial charge is 0.255 e. The van der Waals surface area contributed by atoms with Gasteiger partial charge in [0.05, 0.1) is 6.61 Å². The second kappa shape index (κ2) is 8.92. The molecular formula is C29H37N3O2. The van der Waals surface area contributed by atoms with Crippen LogP contribution in [-0.4, -0.2) is 48.6 Å². The number of hydrogen-bond acceptors (Lipinski definition) is 4. The van der Waals surface area contributed by atoms with E-state index in [0.717, 1.165) is 48.7 Å². The number of carbonyl (C=O) groups is 1. The SMILES string of the molecule is Cc1cc(N2CCC3(CCCN3C3CCC3)C2)ccc1NC(=O)c1ccc(OCC2CC2)cc1. The van der Waals surface area contributed by atoms with Crippen molar-refractivity contribution in [3.8, 4) is 5.75 Å². The van der Waals surface area contributed by atoms with E-state index in [9.17, 15) is 4.79 Å². The first-order chi connectivity index (χ1) is 16.6. The van der Waals surface area contributed by atoms with Gasteiger partial charge in [-0.25, -0.2) is 0 Å². The molecule has 6 rings (SSSR count). The zero-order valence-electron chi connectivity index (χ0n) is 20.4.